The molecule has 1 amide bonds. The van der Waals surface area contributed by atoms with Crippen LogP contribution in [-0.2, 0) is 11.3 Å². The van der Waals surface area contributed by atoms with E-state index in [1.165, 1.54) is 6.33 Å². The van der Waals surface area contributed by atoms with Crippen LogP contribution >= 0.6 is 0 Å². The van der Waals surface area contributed by atoms with Gasteiger partial charge in [0.1, 0.15) is 12.7 Å². The third-order valence-corrected chi connectivity index (χ3v) is 1.96. The Kier molecular flexibility index (Phi) is 2.73. The molecule has 0 bridgehead atoms. The molecule has 0 saturated heterocycles. The maximum absolute atomic E-state index is 10.3. The Labute approximate surface area is 86.8 Å². The van der Waals surface area contributed by atoms with Crippen LogP contribution in [0.4, 0.5) is 5.69 Å². The van der Waals surface area contributed by atoms with Crippen molar-refractivity contribution in [3.05, 3.63) is 42.5 Å². The summed E-state index contributed by atoms with van der Waals surface area (Å²) in [7, 11) is 0. The molecule has 1 heterocycles. The number of hydrogen-bond donors (Lipinski definition) is 1. The number of hydrogen-bond acceptors (Lipinski definition) is 3. The van der Waals surface area contributed by atoms with Crippen LogP contribution in [0.2, 0.25) is 0 Å². The zero-order valence-electron chi connectivity index (χ0n) is 8.00. The van der Waals surface area contributed by atoms with Crippen LogP contribution in [0.25, 0.3) is 0 Å². The van der Waals surface area contributed by atoms with Gasteiger partial charge in [0.25, 0.3) is 0 Å². The van der Waals surface area contributed by atoms with Gasteiger partial charge in [-0.05, 0) is 17.7 Å². The Bertz CT molecular complexity index is 438. The fraction of sp³-hybridized carbons (Fsp3) is 0.100. The number of anilines is 1. The largest absolute Gasteiger partial charge is 0.329 e. The average Bonchev–Trinajstić information content (AvgIpc) is 2.71. The number of nitrogens with one attached hydrogen (secondary N) is 1. The van der Waals surface area contributed by atoms with Crippen molar-refractivity contribution in [2.45, 2.75) is 6.54 Å². The summed E-state index contributed by atoms with van der Waals surface area (Å²) in [5.41, 5.74) is 1.84. The van der Waals surface area contributed by atoms with Crippen molar-refractivity contribution < 1.29 is 4.79 Å². The summed E-state index contributed by atoms with van der Waals surface area (Å²) in [5.74, 6) is 0. The lowest BCUT2D eigenvalue weighted by atomic mass is 10.2. The van der Waals surface area contributed by atoms with Crippen molar-refractivity contribution in [3.8, 4) is 0 Å². The molecule has 76 valence electrons. The van der Waals surface area contributed by atoms with Crippen molar-refractivity contribution >= 4 is 12.1 Å². The highest BCUT2D eigenvalue weighted by Crippen LogP contribution is 2.10. The van der Waals surface area contributed by atoms with E-state index in [1.54, 1.807) is 11.0 Å². The second-order valence-electron chi connectivity index (χ2n) is 3.06. The van der Waals surface area contributed by atoms with Gasteiger partial charge >= 0.3 is 0 Å². The number of carbonyl (C=O) groups excluding carboxylic acids is 1. The summed E-state index contributed by atoms with van der Waals surface area (Å²) >= 11 is 0. The molecule has 1 aromatic carbocycles. The van der Waals surface area contributed by atoms with E-state index in [-0.39, 0.29) is 0 Å². The highest BCUT2D eigenvalue weighted by atomic mass is 16.1. The summed E-state index contributed by atoms with van der Waals surface area (Å²) < 4.78 is 1.72. The first-order valence-corrected chi connectivity index (χ1v) is 4.50. The van der Waals surface area contributed by atoms with Crippen molar-refractivity contribution in [3.63, 3.8) is 0 Å². The molecule has 1 aromatic heterocycles. The number of carbonyl (C=O) groups is 1. The average molecular weight is 202 g/mol. The highest BCUT2D eigenvalue weighted by molar-refractivity contribution is 5.71. The molecule has 0 spiro atoms. The Morgan fingerprint density at radius 1 is 1.47 bits per heavy atom. The van der Waals surface area contributed by atoms with E-state index < -0.39 is 0 Å². The lowest BCUT2D eigenvalue weighted by Gasteiger charge is -2.03. The fourth-order valence-corrected chi connectivity index (χ4v) is 1.33. The molecular formula is C10H10N4O. The van der Waals surface area contributed by atoms with Crippen molar-refractivity contribution in [2.75, 3.05) is 5.32 Å². The van der Waals surface area contributed by atoms with Gasteiger partial charge in [-0.1, -0.05) is 12.1 Å². The van der Waals surface area contributed by atoms with E-state index in [0.29, 0.717) is 13.0 Å². The second-order valence-corrected chi connectivity index (χ2v) is 3.06. The first-order valence-electron chi connectivity index (χ1n) is 4.50. The first-order chi connectivity index (χ1) is 7.38. The quantitative estimate of drug-likeness (QED) is 0.749. The number of nitrogens with zero attached hydrogens (tertiary/aromatic N) is 3. The lowest BCUT2D eigenvalue weighted by molar-refractivity contribution is -0.105. The third-order valence-electron chi connectivity index (χ3n) is 1.96. The third kappa shape index (κ3) is 2.40. The molecule has 15 heavy (non-hydrogen) atoms. The summed E-state index contributed by atoms with van der Waals surface area (Å²) in [6, 6.07) is 7.59. The van der Waals surface area contributed by atoms with Crippen LogP contribution in [0.5, 0.6) is 0 Å². The van der Waals surface area contributed by atoms with Crippen LogP contribution in [0.3, 0.4) is 0 Å². The van der Waals surface area contributed by atoms with Crippen LogP contribution in [0.15, 0.2) is 36.9 Å². The minimum atomic E-state index is 0.647. The van der Waals surface area contributed by atoms with Gasteiger partial charge in [0.2, 0.25) is 6.41 Å². The molecule has 5 nitrogen and oxygen atoms in total. The number of aromatic nitrogens is 3. The number of amides is 1. The monoisotopic (exact) mass is 202 g/mol. The smallest absolute Gasteiger partial charge is 0.211 e. The van der Waals surface area contributed by atoms with Crippen LogP contribution in [0.1, 0.15) is 5.56 Å². The Morgan fingerprint density at radius 3 is 3.13 bits per heavy atom. The van der Waals surface area contributed by atoms with E-state index >= 15 is 0 Å². The molecule has 0 atom stereocenters. The zero-order valence-corrected chi connectivity index (χ0v) is 8.00. The van der Waals surface area contributed by atoms with E-state index in [9.17, 15) is 4.79 Å². The maximum Gasteiger partial charge on any atom is 0.211 e. The summed E-state index contributed by atoms with van der Waals surface area (Å²) in [5, 5.41) is 6.60. The molecule has 1 N–H and O–H groups in total. The lowest BCUT2D eigenvalue weighted by Crippen LogP contribution is -2.01. The van der Waals surface area contributed by atoms with Crippen molar-refractivity contribution in [1.29, 1.82) is 0 Å². The van der Waals surface area contributed by atoms with Gasteiger partial charge in [0.05, 0.1) is 6.54 Å². The number of benzene rings is 1. The van der Waals surface area contributed by atoms with Crippen LogP contribution < -0.4 is 5.32 Å². The van der Waals surface area contributed by atoms with Gasteiger partial charge < -0.3 is 5.32 Å². The van der Waals surface area contributed by atoms with E-state index in [2.05, 4.69) is 15.4 Å². The van der Waals surface area contributed by atoms with E-state index in [0.717, 1.165) is 11.3 Å². The molecule has 0 aliphatic heterocycles. The van der Waals surface area contributed by atoms with Gasteiger partial charge in [-0.15, -0.1) is 0 Å². The fourth-order valence-electron chi connectivity index (χ4n) is 1.33. The second kappa shape index (κ2) is 4.36. The van der Waals surface area contributed by atoms with Gasteiger partial charge in [0, 0.05) is 5.69 Å². The Hall–Kier alpha value is -2.17. The minimum absolute atomic E-state index is 0.647. The molecule has 5 heteroatoms. The van der Waals surface area contributed by atoms with Crippen molar-refractivity contribution in [2.24, 2.45) is 0 Å². The van der Waals surface area contributed by atoms with Gasteiger partial charge in [0.15, 0.2) is 0 Å². The maximum atomic E-state index is 10.3. The standard InChI is InChI=1S/C10H10N4O/c15-8-12-10-3-1-2-9(4-10)5-14-7-11-6-13-14/h1-4,6-8H,5H2,(H,12,15). The predicted molar refractivity (Wildman–Crippen MR) is 55.3 cm³/mol. The van der Waals surface area contributed by atoms with Crippen LogP contribution in [-0.4, -0.2) is 21.2 Å². The molecule has 0 aliphatic carbocycles. The number of rotatable bonds is 4. The Morgan fingerprint density at radius 2 is 2.40 bits per heavy atom. The van der Waals surface area contributed by atoms with E-state index in [4.69, 9.17) is 0 Å². The molecule has 0 fully saturated rings. The minimum Gasteiger partial charge on any atom is -0.329 e. The van der Waals surface area contributed by atoms with Gasteiger partial charge in [-0.3, -0.25) is 4.79 Å². The normalized spacial score (nSPS) is 9.87. The summed E-state index contributed by atoms with van der Waals surface area (Å²) in [4.78, 5) is 14.1. The molecule has 2 rings (SSSR count). The molecule has 0 saturated carbocycles. The molecule has 0 radical (unpaired) electrons. The molecule has 0 aliphatic rings. The van der Waals surface area contributed by atoms with Gasteiger partial charge in [-0.25, -0.2) is 9.67 Å². The van der Waals surface area contributed by atoms with E-state index in [1.807, 2.05) is 24.3 Å². The zero-order chi connectivity index (χ0) is 10.5. The highest BCUT2D eigenvalue weighted by Gasteiger charge is 1.97. The molecule has 0 unspecified atom stereocenters. The summed E-state index contributed by atoms with van der Waals surface area (Å²) in [6.45, 7) is 0.647. The molecular weight excluding hydrogens is 192 g/mol. The predicted octanol–water partition coefficient (Wildman–Crippen LogP) is 0.895. The molecule has 2 aromatic rings. The first kappa shape index (κ1) is 9.39. The van der Waals surface area contributed by atoms with Crippen LogP contribution in [0, 0.1) is 0 Å². The van der Waals surface area contributed by atoms with Crippen molar-refractivity contribution in [1.82, 2.24) is 14.8 Å². The topological polar surface area (TPSA) is 59.8 Å². The Balaban J connectivity index is 2.14. The summed E-state index contributed by atoms with van der Waals surface area (Å²) in [6.07, 6.45) is 3.81. The van der Waals surface area contributed by atoms with Gasteiger partial charge in [-0.2, -0.15) is 5.10 Å². The SMILES string of the molecule is O=CNc1cccc(Cn2cncn2)c1.